The van der Waals surface area contributed by atoms with Crippen molar-refractivity contribution in [2.75, 3.05) is 24.5 Å². The van der Waals surface area contributed by atoms with Crippen molar-refractivity contribution in [3.63, 3.8) is 0 Å². The molecule has 2 aromatic rings. The minimum absolute atomic E-state index is 0.174. The van der Waals surface area contributed by atoms with Crippen molar-refractivity contribution in [3.8, 4) is 0 Å². The van der Waals surface area contributed by atoms with E-state index < -0.39 is 11.8 Å². The lowest BCUT2D eigenvalue weighted by atomic mass is 10.2. The van der Waals surface area contributed by atoms with Crippen molar-refractivity contribution in [2.24, 2.45) is 7.05 Å². The van der Waals surface area contributed by atoms with Gasteiger partial charge in [-0.2, -0.15) is 0 Å². The molecule has 1 aromatic carbocycles. The van der Waals surface area contributed by atoms with Crippen LogP contribution in [0.5, 0.6) is 0 Å². The number of carbonyl (C=O) groups is 2. The third-order valence-electron chi connectivity index (χ3n) is 3.58. The number of benzene rings is 1. The van der Waals surface area contributed by atoms with E-state index >= 15 is 0 Å². The zero-order chi connectivity index (χ0) is 15.1. The smallest absolute Gasteiger partial charge is 0.419 e. The fraction of sp³-hybridized carbons (Fsp3) is 0.308. The normalized spacial score (nSPS) is 15.8. The van der Waals surface area contributed by atoms with Crippen molar-refractivity contribution in [3.05, 3.63) is 28.7 Å². The molecule has 2 amide bonds. The molecular weight excluding hydrogens is 278 g/mol. The molecule has 0 aliphatic carbocycles. The maximum atomic E-state index is 12.0. The molecule has 1 aliphatic rings. The van der Waals surface area contributed by atoms with Gasteiger partial charge >= 0.3 is 11.8 Å². The van der Waals surface area contributed by atoms with Crippen LogP contribution in [0.4, 0.5) is 10.5 Å². The van der Waals surface area contributed by atoms with E-state index in [0.29, 0.717) is 16.8 Å². The number of rotatable bonds is 1. The van der Waals surface area contributed by atoms with Crippen molar-refractivity contribution < 1.29 is 19.1 Å². The van der Waals surface area contributed by atoms with Crippen LogP contribution in [0.1, 0.15) is 0 Å². The van der Waals surface area contributed by atoms with Gasteiger partial charge in [0, 0.05) is 31.9 Å². The van der Waals surface area contributed by atoms with Gasteiger partial charge in [0.25, 0.3) is 0 Å². The van der Waals surface area contributed by atoms with E-state index in [2.05, 4.69) is 0 Å². The van der Waals surface area contributed by atoms with E-state index in [1.54, 1.807) is 25.2 Å². The van der Waals surface area contributed by atoms with Crippen LogP contribution in [0.2, 0.25) is 0 Å². The number of hydrogen-bond donors (Lipinski definition) is 1. The van der Waals surface area contributed by atoms with Gasteiger partial charge in [-0.05, 0) is 12.1 Å². The Morgan fingerprint density at radius 3 is 2.71 bits per heavy atom. The number of piperazine rings is 1. The average molecular weight is 291 g/mol. The Hall–Kier alpha value is -2.77. The number of carboxylic acid groups (broad SMARTS) is 1. The summed E-state index contributed by atoms with van der Waals surface area (Å²) in [5.41, 5.74) is 1.63. The number of hydrogen-bond acceptors (Lipinski definition) is 4. The molecule has 110 valence electrons. The molecule has 3 rings (SSSR count). The number of amides is 2. The number of nitrogens with zero attached hydrogens (tertiary/aromatic N) is 3. The molecule has 1 fully saturated rings. The Balaban J connectivity index is 1.92. The third kappa shape index (κ3) is 2.14. The summed E-state index contributed by atoms with van der Waals surface area (Å²) in [6, 6.07) is 5.03. The summed E-state index contributed by atoms with van der Waals surface area (Å²) in [5, 5.41) is 8.89. The van der Waals surface area contributed by atoms with Gasteiger partial charge in [-0.1, -0.05) is 0 Å². The van der Waals surface area contributed by atoms with E-state index in [0.717, 1.165) is 4.90 Å². The number of oxazole rings is 1. The second-order valence-electron chi connectivity index (χ2n) is 4.83. The first-order valence-corrected chi connectivity index (χ1v) is 6.35. The predicted molar refractivity (Wildman–Crippen MR) is 73.4 cm³/mol. The van der Waals surface area contributed by atoms with Crippen LogP contribution < -0.4 is 10.7 Å². The maximum Gasteiger partial charge on any atom is 0.419 e. The SMILES string of the molecule is Cn1c(=O)oc2cc(N3CCN(C(=O)O)CC3=O)ccc21. The van der Waals surface area contributed by atoms with Gasteiger partial charge in [0.05, 0.1) is 5.52 Å². The topological polar surface area (TPSA) is 96.0 Å². The first-order chi connectivity index (χ1) is 9.97. The first kappa shape index (κ1) is 13.2. The fourth-order valence-electron chi connectivity index (χ4n) is 2.40. The largest absolute Gasteiger partial charge is 0.465 e. The van der Waals surface area contributed by atoms with E-state index in [4.69, 9.17) is 9.52 Å². The highest BCUT2D eigenvalue weighted by atomic mass is 16.4. The van der Waals surface area contributed by atoms with Crippen LogP contribution in [0.25, 0.3) is 11.1 Å². The van der Waals surface area contributed by atoms with Crippen LogP contribution in [0, 0.1) is 0 Å². The van der Waals surface area contributed by atoms with Gasteiger partial charge in [0.2, 0.25) is 5.91 Å². The Kier molecular flexibility index (Phi) is 2.93. The molecule has 8 nitrogen and oxygen atoms in total. The highest BCUT2D eigenvalue weighted by molar-refractivity contribution is 5.98. The number of carbonyl (C=O) groups excluding carboxylic acids is 1. The molecule has 8 heteroatoms. The molecule has 0 unspecified atom stereocenters. The molecule has 0 spiro atoms. The van der Waals surface area contributed by atoms with Gasteiger partial charge in [0.15, 0.2) is 5.58 Å². The van der Waals surface area contributed by atoms with Gasteiger partial charge in [-0.15, -0.1) is 0 Å². The van der Waals surface area contributed by atoms with Crippen LogP contribution >= 0.6 is 0 Å². The van der Waals surface area contributed by atoms with E-state index in [9.17, 15) is 14.4 Å². The minimum Gasteiger partial charge on any atom is -0.465 e. The van der Waals surface area contributed by atoms with Gasteiger partial charge in [0.1, 0.15) is 6.54 Å². The second kappa shape index (κ2) is 4.65. The molecule has 0 atom stereocenters. The zero-order valence-electron chi connectivity index (χ0n) is 11.3. The highest BCUT2D eigenvalue weighted by Crippen LogP contribution is 2.23. The van der Waals surface area contributed by atoms with Crippen molar-refractivity contribution in [1.82, 2.24) is 9.47 Å². The Morgan fingerprint density at radius 1 is 1.29 bits per heavy atom. The summed E-state index contributed by atoms with van der Waals surface area (Å²) >= 11 is 0. The summed E-state index contributed by atoms with van der Waals surface area (Å²) < 4.78 is 6.47. The van der Waals surface area contributed by atoms with E-state index in [1.807, 2.05) is 0 Å². The standard InChI is InChI=1S/C13H13N3O5/c1-14-9-3-2-8(6-10(9)21-13(14)20)16-5-4-15(12(18)19)7-11(16)17/h2-3,6H,4-5,7H2,1H3,(H,18,19). The lowest BCUT2D eigenvalue weighted by Crippen LogP contribution is -2.52. The van der Waals surface area contributed by atoms with Crippen LogP contribution in [0.15, 0.2) is 27.4 Å². The molecule has 1 N–H and O–H groups in total. The van der Waals surface area contributed by atoms with Crippen LogP contribution in [-0.4, -0.2) is 46.2 Å². The van der Waals surface area contributed by atoms with Gasteiger partial charge < -0.3 is 14.4 Å². The predicted octanol–water partition coefficient (Wildman–Crippen LogP) is 0.458. The number of aromatic nitrogens is 1. The highest BCUT2D eigenvalue weighted by Gasteiger charge is 2.28. The summed E-state index contributed by atoms with van der Waals surface area (Å²) in [4.78, 5) is 36.9. The first-order valence-electron chi connectivity index (χ1n) is 6.35. The monoisotopic (exact) mass is 291 g/mol. The minimum atomic E-state index is -1.10. The molecule has 0 saturated carbocycles. The van der Waals surface area contributed by atoms with Gasteiger partial charge in [-0.3, -0.25) is 14.3 Å². The molecule has 2 heterocycles. The summed E-state index contributed by atoms with van der Waals surface area (Å²) in [6.07, 6.45) is -1.10. The quantitative estimate of drug-likeness (QED) is 0.823. The number of anilines is 1. The summed E-state index contributed by atoms with van der Waals surface area (Å²) in [6.45, 7) is 0.345. The Morgan fingerprint density at radius 2 is 2.05 bits per heavy atom. The lowest BCUT2D eigenvalue weighted by Gasteiger charge is -2.32. The Labute approximate surface area is 118 Å². The van der Waals surface area contributed by atoms with E-state index in [-0.39, 0.29) is 25.5 Å². The Bertz CT molecular complexity index is 791. The molecule has 1 aromatic heterocycles. The molecular formula is C13H13N3O5. The number of aryl methyl sites for hydroxylation is 1. The number of fused-ring (bicyclic) bond motifs is 1. The zero-order valence-corrected chi connectivity index (χ0v) is 11.3. The maximum absolute atomic E-state index is 12.0. The fourth-order valence-corrected chi connectivity index (χ4v) is 2.40. The second-order valence-corrected chi connectivity index (χ2v) is 4.83. The molecule has 0 bridgehead atoms. The van der Waals surface area contributed by atoms with Crippen molar-refractivity contribution >= 4 is 28.8 Å². The van der Waals surface area contributed by atoms with E-state index in [1.165, 1.54) is 9.47 Å². The molecule has 0 radical (unpaired) electrons. The third-order valence-corrected chi connectivity index (χ3v) is 3.58. The van der Waals surface area contributed by atoms with Crippen LogP contribution in [0.3, 0.4) is 0 Å². The molecule has 21 heavy (non-hydrogen) atoms. The van der Waals surface area contributed by atoms with Gasteiger partial charge in [-0.25, -0.2) is 9.59 Å². The lowest BCUT2D eigenvalue weighted by molar-refractivity contribution is -0.120. The summed E-state index contributed by atoms with van der Waals surface area (Å²) in [7, 11) is 1.60. The summed E-state index contributed by atoms with van der Waals surface area (Å²) in [5.74, 6) is -0.773. The van der Waals surface area contributed by atoms with Crippen LogP contribution in [-0.2, 0) is 11.8 Å². The molecule has 1 aliphatic heterocycles. The average Bonchev–Trinajstić information content (AvgIpc) is 2.73. The van der Waals surface area contributed by atoms with Crippen molar-refractivity contribution in [2.45, 2.75) is 0 Å². The molecule has 1 saturated heterocycles. The van der Waals surface area contributed by atoms with Crippen molar-refractivity contribution in [1.29, 1.82) is 0 Å².